The third-order valence-corrected chi connectivity index (χ3v) is 3.96. The maximum atomic E-state index is 12.1. The van der Waals surface area contributed by atoms with Gasteiger partial charge in [0.05, 0.1) is 0 Å². The fourth-order valence-electron chi connectivity index (χ4n) is 2.40. The number of allylic oxidation sites excluding steroid dienone is 1. The second-order valence-corrected chi connectivity index (χ2v) is 5.58. The zero-order valence-electron chi connectivity index (χ0n) is 12.7. The van der Waals surface area contributed by atoms with Gasteiger partial charge in [-0.15, -0.1) is 0 Å². The summed E-state index contributed by atoms with van der Waals surface area (Å²) in [5, 5.41) is 8.48. The van der Waals surface area contributed by atoms with Crippen LogP contribution in [-0.2, 0) is 4.79 Å². The van der Waals surface area contributed by atoms with Gasteiger partial charge in [0.1, 0.15) is 5.03 Å². The summed E-state index contributed by atoms with van der Waals surface area (Å²) in [7, 11) is 2.12. The Hall–Kier alpha value is -1.07. The number of hydrogen-bond donors (Lipinski definition) is 1. The molecule has 0 aromatic heterocycles. The fourth-order valence-corrected chi connectivity index (χ4v) is 2.55. The van der Waals surface area contributed by atoms with E-state index in [1.165, 1.54) is 17.9 Å². The van der Waals surface area contributed by atoms with Crippen LogP contribution in [0.3, 0.4) is 0 Å². The zero-order chi connectivity index (χ0) is 15.1. The van der Waals surface area contributed by atoms with Gasteiger partial charge in [-0.3, -0.25) is 4.79 Å². The molecule has 1 fully saturated rings. The zero-order valence-corrected chi connectivity index (χ0v) is 13.4. The highest BCUT2D eigenvalue weighted by Crippen LogP contribution is 2.15. The molecule has 0 spiro atoms. The average molecular weight is 301 g/mol. The van der Waals surface area contributed by atoms with Crippen molar-refractivity contribution >= 4 is 24.2 Å². The molecule has 20 heavy (non-hydrogen) atoms. The van der Waals surface area contributed by atoms with Gasteiger partial charge in [0, 0.05) is 31.5 Å². The van der Waals surface area contributed by atoms with Crippen LogP contribution in [0.1, 0.15) is 33.1 Å². The minimum Gasteiger partial charge on any atom is -0.383 e. The monoisotopic (exact) mass is 300 g/mol. The molecule has 0 radical (unpaired) electrons. The molecule has 0 aliphatic carbocycles. The number of halogens is 1. The summed E-state index contributed by atoms with van der Waals surface area (Å²) >= 11 is 6.15. The highest BCUT2D eigenvalue weighted by Gasteiger charge is 2.20. The van der Waals surface area contributed by atoms with Gasteiger partial charge in [-0.05, 0) is 40.3 Å². The smallest absolute Gasteiger partial charge is 0.287 e. The first-order valence-electron chi connectivity index (χ1n) is 7.09. The average Bonchev–Trinajstić information content (AvgIpc) is 2.63. The first kappa shape index (κ1) is 17.0. The van der Waals surface area contributed by atoms with Crippen LogP contribution in [0.4, 0.5) is 0 Å². The van der Waals surface area contributed by atoms with Crippen molar-refractivity contribution < 1.29 is 4.79 Å². The molecule has 0 bridgehead atoms. The van der Waals surface area contributed by atoms with Crippen molar-refractivity contribution in [2.45, 2.75) is 39.2 Å². The number of hydrogen-bond acceptors (Lipinski definition) is 4. The van der Waals surface area contributed by atoms with Crippen molar-refractivity contribution in [1.82, 2.24) is 15.2 Å². The molecular formula is C14H25ClN4O. The lowest BCUT2D eigenvalue weighted by molar-refractivity contribution is -0.126. The summed E-state index contributed by atoms with van der Waals surface area (Å²) < 4.78 is 0. The first-order chi connectivity index (χ1) is 9.49. The minimum atomic E-state index is -0.309. The first-order valence-corrected chi connectivity index (χ1v) is 7.47. The van der Waals surface area contributed by atoms with Gasteiger partial charge in [-0.1, -0.05) is 18.0 Å². The molecule has 1 aliphatic rings. The van der Waals surface area contributed by atoms with E-state index in [9.17, 15) is 4.79 Å². The Morgan fingerprint density at radius 3 is 2.85 bits per heavy atom. The van der Waals surface area contributed by atoms with Gasteiger partial charge in [0.2, 0.25) is 0 Å². The number of likely N-dealkylation sites (N-methyl/N-ethyl adjacent to an activating group) is 2. The summed E-state index contributed by atoms with van der Waals surface area (Å²) in [5.74, 6) is -0.309. The Bertz CT molecular complexity index is 383. The second kappa shape index (κ2) is 8.27. The predicted octanol–water partition coefficient (Wildman–Crippen LogP) is 1.99. The van der Waals surface area contributed by atoms with Crippen LogP contribution >= 0.6 is 11.6 Å². The third kappa shape index (κ3) is 4.80. The molecule has 1 saturated heterocycles. The van der Waals surface area contributed by atoms with Crippen molar-refractivity contribution in [2.24, 2.45) is 5.10 Å². The lowest BCUT2D eigenvalue weighted by Gasteiger charge is -2.23. The highest BCUT2D eigenvalue weighted by atomic mass is 35.5. The number of rotatable bonds is 5. The molecule has 6 heteroatoms. The number of nitrogens with zero attached hydrogens (tertiary/aromatic N) is 3. The van der Waals surface area contributed by atoms with E-state index in [0.717, 1.165) is 19.5 Å². The van der Waals surface area contributed by atoms with Crippen LogP contribution in [0.2, 0.25) is 0 Å². The van der Waals surface area contributed by atoms with Crippen LogP contribution in [0.15, 0.2) is 15.8 Å². The summed E-state index contributed by atoms with van der Waals surface area (Å²) in [6.07, 6.45) is 3.50. The van der Waals surface area contributed by atoms with Crippen molar-refractivity contribution in [3.05, 3.63) is 10.7 Å². The van der Waals surface area contributed by atoms with Crippen molar-refractivity contribution in [1.29, 1.82) is 0 Å². The molecule has 1 amide bonds. The van der Waals surface area contributed by atoms with Crippen LogP contribution < -0.4 is 5.32 Å². The summed E-state index contributed by atoms with van der Waals surface area (Å²) in [5.41, 5.74) is 0.707. The summed E-state index contributed by atoms with van der Waals surface area (Å²) in [6, 6.07) is 0.329. The molecular weight excluding hydrogens is 276 g/mol. The quantitative estimate of drug-likeness (QED) is 0.480. The second-order valence-electron chi connectivity index (χ2n) is 5.20. The largest absolute Gasteiger partial charge is 0.383 e. The maximum absolute atomic E-state index is 12.1. The van der Waals surface area contributed by atoms with E-state index >= 15 is 0 Å². The third-order valence-electron chi connectivity index (χ3n) is 3.52. The standard InChI is InChI=1S/C14H25ClN4O/c1-5-19(16-3)14(20)13(15)11(2)17-12-8-6-7-9-18(4)10-12/h12,17H,3,5-10H2,1-2,4H3/b13-11-. The van der Waals surface area contributed by atoms with Crippen LogP contribution in [0.25, 0.3) is 0 Å². The van der Waals surface area contributed by atoms with Crippen molar-refractivity contribution in [3.63, 3.8) is 0 Å². The van der Waals surface area contributed by atoms with Gasteiger partial charge in [0.15, 0.2) is 0 Å². The van der Waals surface area contributed by atoms with Crippen molar-refractivity contribution in [3.8, 4) is 0 Å². The molecule has 1 rings (SSSR count). The molecule has 1 aliphatic heterocycles. The predicted molar refractivity (Wildman–Crippen MR) is 83.8 cm³/mol. The summed E-state index contributed by atoms with van der Waals surface area (Å²) in [4.78, 5) is 14.4. The van der Waals surface area contributed by atoms with E-state index in [-0.39, 0.29) is 10.9 Å². The Kier molecular flexibility index (Phi) is 7.02. The number of carbonyl (C=O) groups is 1. The molecule has 0 aromatic carbocycles. The normalized spacial score (nSPS) is 21.7. The minimum absolute atomic E-state index is 0.186. The van der Waals surface area contributed by atoms with E-state index in [1.807, 2.05) is 13.8 Å². The van der Waals surface area contributed by atoms with E-state index in [1.54, 1.807) is 0 Å². The molecule has 1 N–H and O–H groups in total. The topological polar surface area (TPSA) is 47.9 Å². The number of likely N-dealkylation sites (tertiary alicyclic amines) is 1. The number of nitrogens with one attached hydrogen (secondary N) is 1. The molecule has 1 unspecified atom stereocenters. The van der Waals surface area contributed by atoms with Crippen LogP contribution in [-0.4, -0.2) is 55.3 Å². The van der Waals surface area contributed by atoms with E-state index in [2.05, 4.69) is 29.1 Å². The summed E-state index contributed by atoms with van der Waals surface area (Å²) in [6.45, 7) is 9.59. The van der Waals surface area contributed by atoms with Gasteiger partial charge in [-0.2, -0.15) is 5.10 Å². The van der Waals surface area contributed by atoms with Gasteiger partial charge in [0.25, 0.3) is 5.91 Å². The number of amides is 1. The molecule has 5 nitrogen and oxygen atoms in total. The lowest BCUT2D eigenvalue weighted by atomic mass is 10.1. The molecule has 0 saturated carbocycles. The van der Waals surface area contributed by atoms with Crippen molar-refractivity contribution in [2.75, 3.05) is 26.7 Å². The van der Waals surface area contributed by atoms with Crippen LogP contribution in [0, 0.1) is 0 Å². The molecule has 114 valence electrons. The molecule has 1 heterocycles. The Morgan fingerprint density at radius 2 is 2.25 bits per heavy atom. The highest BCUT2D eigenvalue weighted by molar-refractivity contribution is 6.42. The fraction of sp³-hybridized carbons (Fsp3) is 0.714. The maximum Gasteiger partial charge on any atom is 0.287 e. The van der Waals surface area contributed by atoms with Gasteiger partial charge >= 0.3 is 0 Å². The van der Waals surface area contributed by atoms with Gasteiger partial charge < -0.3 is 10.2 Å². The van der Waals surface area contributed by atoms with E-state index in [0.29, 0.717) is 18.3 Å². The lowest BCUT2D eigenvalue weighted by Crippen LogP contribution is -2.38. The van der Waals surface area contributed by atoms with Crippen LogP contribution in [0.5, 0.6) is 0 Å². The molecule has 0 aromatic rings. The van der Waals surface area contributed by atoms with Gasteiger partial charge in [-0.25, -0.2) is 5.01 Å². The Balaban J connectivity index is 2.71. The Morgan fingerprint density at radius 1 is 1.55 bits per heavy atom. The SMILES string of the molecule is C=NN(CC)C(=O)/C(Cl)=C(\C)NC1CCCCN(C)C1. The van der Waals surface area contributed by atoms with E-state index < -0.39 is 0 Å². The molecule has 1 atom stereocenters. The number of hydrazone groups is 1. The van der Waals surface area contributed by atoms with E-state index in [4.69, 9.17) is 11.6 Å². The Labute approximate surface area is 126 Å². The number of carbonyl (C=O) groups excluding carboxylic acids is 1.